The molecule has 0 aromatic carbocycles. The molecule has 0 saturated carbocycles. The van der Waals surface area contributed by atoms with E-state index in [1.807, 2.05) is 0 Å². The van der Waals surface area contributed by atoms with Crippen molar-refractivity contribution in [2.24, 2.45) is 0 Å². The molecule has 0 unspecified atom stereocenters. The molecular weight excluding hydrogens is 268 g/mol. The molecule has 9 heteroatoms. The van der Waals surface area contributed by atoms with Crippen molar-refractivity contribution < 1.29 is 35.8 Å². The van der Waals surface area contributed by atoms with E-state index in [1.165, 1.54) is 0 Å². The highest BCUT2D eigenvalue weighted by Gasteiger charge is 2.38. The number of hydrogen-bond donors (Lipinski definition) is 0. The maximum absolute atomic E-state index is 12.5. The largest absolute Gasteiger partial charge is 0.574 e. The van der Waals surface area contributed by atoms with Crippen LogP contribution >= 0.6 is 0 Å². The van der Waals surface area contributed by atoms with Gasteiger partial charge in [-0.1, -0.05) is 0 Å². The lowest BCUT2D eigenvalue weighted by atomic mass is 10.2. The molecule has 0 N–H and O–H groups in total. The standard InChI is InChI=1S/C9H7F6NO2/c1-4-3-5(17-2)7(18-9(13,14)15)16-6(4)8(10,11)12/h3H,1-2H3. The second-order valence-electron chi connectivity index (χ2n) is 3.21. The Morgan fingerprint density at radius 2 is 1.67 bits per heavy atom. The lowest BCUT2D eigenvalue weighted by Gasteiger charge is -2.15. The maximum atomic E-state index is 12.5. The van der Waals surface area contributed by atoms with E-state index >= 15 is 0 Å². The zero-order valence-electron chi connectivity index (χ0n) is 9.11. The van der Waals surface area contributed by atoms with Gasteiger partial charge in [0.2, 0.25) is 0 Å². The Balaban J connectivity index is 3.31. The number of rotatable bonds is 2. The van der Waals surface area contributed by atoms with Crippen molar-refractivity contribution in [2.45, 2.75) is 19.5 Å². The summed E-state index contributed by atoms with van der Waals surface area (Å²) >= 11 is 0. The van der Waals surface area contributed by atoms with Crippen molar-refractivity contribution >= 4 is 0 Å². The summed E-state index contributed by atoms with van der Waals surface area (Å²) in [5.41, 5.74) is -1.82. The van der Waals surface area contributed by atoms with Gasteiger partial charge in [-0.15, -0.1) is 13.2 Å². The Kier molecular flexibility index (Phi) is 3.63. The zero-order chi connectivity index (χ0) is 14.1. The van der Waals surface area contributed by atoms with Crippen LogP contribution in [0.4, 0.5) is 26.3 Å². The second-order valence-corrected chi connectivity index (χ2v) is 3.21. The van der Waals surface area contributed by atoms with Gasteiger partial charge in [0.05, 0.1) is 7.11 Å². The van der Waals surface area contributed by atoms with Gasteiger partial charge in [0.25, 0.3) is 5.88 Å². The number of aryl methyl sites for hydroxylation is 1. The fourth-order valence-corrected chi connectivity index (χ4v) is 1.19. The number of pyridine rings is 1. The first kappa shape index (κ1) is 14.4. The van der Waals surface area contributed by atoms with Gasteiger partial charge in [0.1, 0.15) is 0 Å². The molecule has 1 heterocycles. The van der Waals surface area contributed by atoms with Crippen LogP contribution in [0.1, 0.15) is 11.3 Å². The second kappa shape index (κ2) is 4.54. The van der Waals surface area contributed by atoms with Crippen LogP contribution in [-0.4, -0.2) is 18.5 Å². The van der Waals surface area contributed by atoms with Crippen LogP contribution < -0.4 is 9.47 Å². The van der Waals surface area contributed by atoms with Gasteiger partial charge < -0.3 is 9.47 Å². The molecule has 0 bridgehead atoms. The summed E-state index contributed by atoms with van der Waals surface area (Å²) in [5.74, 6) is -1.80. The zero-order valence-corrected chi connectivity index (χ0v) is 9.11. The summed E-state index contributed by atoms with van der Waals surface area (Å²) < 4.78 is 81.2. The predicted molar refractivity (Wildman–Crippen MR) is 47.2 cm³/mol. The van der Waals surface area contributed by atoms with Gasteiger partial charge in [-0.05, 0) is 18.6 Å². The Labute approximate surface area is 97.3 Å². The number of aromatic nitrogens is 1. The number of alkyl halides is 6. The van der Waals surface area contributed by atoms with Crippen LogP contribution in [0.5, 0.6) is 11.6 Å². The van der Waals surface area contributed by atoms with E-state index in [-0.39, 0.29) is 5.56 Å². The Hall–Kier alpha value is -1.67. The summed E-state index contributed by atoms with van der Waals surface area (Å²) in [7, 11) is 0.993. The van der Waals surface area contributed by atoms with Gasteiger partial charge in [-0.3, -0.25) is 0 Å². The fourth-order valence-electron chi connectivity index (χ4n) is 1.19. The minimum Gasteiger partial charge on any atom is -0.491 e. The van der Waals surface area contributed by atoms with Crippen LogP contribution in [0.25, 0.3) is 0 Å². The molecule has 3 nitrogen and oxygen atoms in total. The Morgan fingerprint density at radius 1 is 1.11 bits per heavy atom. The molecule has 102 valence electrons. The summed E-state index contributed by atoms with van der Waals surface area (Å²) in [6, 6.07) is 0.775. The van der Waals surface area contributed by atoms with Gasteiger partial charge in [-0.25, -0.2) is 4.98 Å². The first-order valence-electron chi connectivity index (χ1n) is 4.43. The van der Waals surface area contributed by atoms with Crippen molar-refractivity contribution in [1.82, 2.24) is 4.98 Å². The highest BCUT2D eigenvalue weighted by atomic mass is 19.4. The highest BCUT2D eigenvalue weighted by Crippen LogP contribution is 2.37. The predicted octanol–water partition coefficient (Wildman–Crippen LogP) is 3.32. The molecule has 0 amide bonds. The van der Waals surface area contributed by atoms with E-state index in [1.54, 1.807) is 0 Å². The van der Waals surface area contributed by atoms with E-state index in [2.05, 4.69) is 14.5 Å². The molecule has 0 aliphatic carbocycles. The van der Waals surface area contributed by atoms with E-state index in [4.69, 9.17) is 0 Å². The Bertz CT molecular complexity index is 440. The molecule has 0 fully saturated rings. The Morgan fingerprint density at radius 3 is 2.06 bits per heavy atom. The number of nitrogens with zero attached hydrogens (tertiary/aromatic N) is 1. The molecule has 18 heavy (non-hydrogen) atoms. The quantitative estimate of drug-likeness (QED) is 0.776. The summed E-state index contributed by atoms with van der Waals surface area (Å²) in [4.78, 5) is 2.81. The van der Waals surface area contributed by atoms with Crippen LogP contribution in [-0.2, 0) is 6.18 Å². The van der Waals surface area contributed by atoms with Gasteiger partial charge >= 0.3 is 12.5 Å². The van der Waals surface area contributed by atoms with E-state index in [9.17, 15) is 26.3 Å². The minimum atomic E-state index is -5.15. The molecular formula is C9H7F6NO2. The van der Waals surface area contributed by atoms with E-state index in [0.29, 0.717) is 0 Å². The normalized spacial score (nSPS) is 12.4. The molecule has 0 radical (unpaired) electrons. The lowest BCUT2D eigenvalue weighted by molar-refractivity contribution is -0.277. The first-order chi connectivity index (χ1) is 8.04. The molecule has 0 atom stereocenters. The van der Waals surface area contributed by atoms with Crippen LogP contribution in [0.3, 0.4) is 0 Å². The lowest BCUT2D eigenvalue weighted by Crippen LogP contribution is -2.20. The SMILES string of the molecule is COc1cc(C)c(C(F)(F)F)nc1OC(F)(F)F. The first-order valence-corrected chi connectivity index (χ1v) is 4.43. The molecule has 1 aromatic rings. The van der Waals surface area contributed by atoms with Crippen molar-refractivity contribution in [1.29, 1.82) is 0 Å². The third-order valence-electron chi connectivity index (χ3n) is 1.85. The minimum absolute atomic E-state index is 0.367. The van der Waals surface area contributed by atoms with Crippen LogP contribution in [0.2, 0.25) is 0 Å². The summed E-state index contributed by atoms with van der Waals surface area (Å²) in [6.45, 7) is 1.05. The molecule has 0 aliphatic rings. The number of ether oxygens (including phenoxy) is 2. The highest BCUT2D eigenvalue weighted by molar-refractivity contribution is 5.40. The molecule has 0 saturated heterocycles. The number of halogens is 6. The smallest absolute Gasteiger partial charge is 0.491 e. The van der Waals surface area contributed by atoms with Gasteiger partial charge in [0, 0.05) is 0 Å². The van der Waals surface area contributed by atoms with Crippen LogP contribution in [0.15, 0.2) is 6.07 Å². The fraction of sp³-hybridized carbons (Fsp3) is 0.444. The van der Waals surface area contributed by atoms with Gasteiger partial charge in [0.15, 0.2) is 11.4 Å². The molecule has 0 aliphatic heterocycles. The van der Waals surface area contributed by atoms with Crippen molar-refractivity contribution in [2.75, 3.05) is 7.11 Å². The van der Waals surface area contributed by atoms with Crippen LogP contribution in [0, 0.1) is 6.92 Å². The van der Waals surface area contributed by atoms with Gasteiger partial charge in [-0.2, -0.15) is 13.2 Å². The van der Waals surface area contributed by atoms with Crippen molar-refractivity contribution in [3.05, 3.63) is 17.3 Å². The average Bonchev–Trinajstić information content (AvgIpc) is 2.16. The van der Waals surface area contributed by atoms with Crippen molar-refractivity contribution in [3.63, 3.8) is 0 Å². The molecule has 1 rings (SSSR count). The molecule has 1 aromatic heterocycles. The molecule has 0 spiro atoms. The summed E-state index contributed by atoms with van der Waals surface area (Å²) in [5, 5.41) is 0. The third-order valence-corrected chi connectivity index (χ3v) is 1.85. The number of methoxy groups -OCH3 is 1. The summed E-state index contributed by atoms with van der Waals surface area (Å²) in [6.07, 6.45) is -10.0. The van der Waals surface area contributed by atoms with E-state index < -0.39 is 29.9 Å². The van der Waals surface area contributed by atoms with E-state index in [0.717, 1.165) is 20.1 Å². The van der Waals surface area contributed by atoms with Crippen molar-refractivity contribution in [3.8, 4) is 11.6 Å². The maximum Gasteiger partial charge on any atom is 0.574 e. The topological polar surface area (TPSA) is 31.4 Å². The average molecular weight is 275 g/mol. The number of hydrogen-bond acceptors (Lipinski definition) is 3. The third kappa shape index (κ3) is 3.41. The monoisotopic (exact) mass is 275 g/mol.